The van der Waals surface area contributed by atoms with Gasteiger partial charge in [0.2, 0.25) is 0 Å². The van der Waals surface area contributed by atoms with Crippen LogP contribution in [0.1, 0.15) is 31.9 Å². The zero-order valence-corrected chi connectivity index (χ0v) is 13.7. The molecule has 1 aromatic rings. The highest BCUT2D eigenvalue weighted by Crippen LogP contribution is 2.27. The van der Waals surface area contributed by atoms with Crippen molar-refractivity contribution in [2.24, 2.45) is 10.7 Å². The van der Waals surface area contributed by atoms with Crippen molar-refractivity contribution in [2.75, 3.05) is 18.0 Å². The van der Waals surface area contributed by atoms with Gasteiger partial charge in [-0.25, -0.2) is 9.79 Å². The van der Waals surface area contributed by atoms with Crippen molar-refractivity contribution in [3.8, 4) is 0 Å². The predicted molar refractivity (Wildman–Crippen MR) is 93.4 cm³/mol. The molecule has 22 heavy (non-hydrogen) atoms. The monoisotopic (exact) mass is 302 g/mol. The van der Waals surface area contributed by atoms with Crippen LogP contribution in [0.15, 0.2) is 35.8 Å². The molecule has 0 heterocycles. The van der Waals surface area contributed by atoms with Crippen LogP contribution in [-0.2, 0) is 12.8 Å². The summed E-state index contributed by atoms with van der Waals surface area (Å²) in [6.45, 7) is 10.6. The van der Waals surface area contributed by atoms with Crippen molar-refractivity contribution >= 4 is 17.7 Å². The molecule has 0 bridgehead atoms. The van der Waals surface area contributed by atoms with Gasteiger partial charge in [-0.05, 0) is 30.9 Å². The highest BCUT2D eigenvalue weighted by atomic mass is 16.2. The molecule has 0 saturated heterocycles. The fourth-order valence-electron chi connectivity index (χ4n) is 2.34. The molecule has 0 aliphatic heterocycles. The van der Waals surface area contributed by atoms with E-state index in [1.165, 1.54) is 0 Å². The number of nitrogens with one attached hydrogen (secondary N) is 1. The quantitative estimate of drug-likeness (QED) is 0.482. The Kier molecular flexibility index (Phi) is 7.16. The number of para-hydroxylation sites is 1. The number of carbonyl (C=O) groups excluding carboxylic acids is 1. The maximum absolute atomic E-state index is 12.5. The Morgan fingerprint density at radius 2 is 1.91 bits per heavy atom. The average Bonchev–Trinajstić information content (AvgIpc) is 2.53. The number of anilines is 1. The first kappa shape index (κ1) is 17.8. The summed E-state index contributed by atoms with van der Waals surface area (Å²) in [5, 5.41) is 2.63. The van der Waals surface area contributed by atoms with E-state index < -0.39 is 0 Å². The molecule has 5 heteroatoms. The van der Waals surface area contributed by atoms with Gasteiger partial charge >= 0.3 is 6.03 Å². The van der Waals surface area contributed by atoms with E-state index in [0.717, 1.165) is 29.7 Å². The third-order valence-corrected chi connectivity index (χ3v) is 3.42. The Morgan fingerprint density at radius 3 is 2.36 bits per heavy atom. The zero-order chi connectivity index (χ0) is 16.5. The number of aryl methyl sites for hydroxylation is 2. The van der Waals surface area contributed by atoms with E-state index >= 15 is 0 Å². The molecule has 0 aliphatic carbocycles. The van der Waals surface area contributed by atoms with Crippen LogP contribution in [0, 0.1) is 0 Å². The molecule has 0 spiro atoms. The van der Waals surface area contributed by atoms with E-state index in [4.69, 9.17) is 5.73 Å². The minimum atomic E-state index is -0.261. The van der Waals surface area contributed by atoms with Gasteiger partial charge in [0.1, 0.15) is 0 Å². The Hall–Kier alpha value is -2.30. The summed E-state index contributed by atoms with van der Waals surface area (Å²) in [5.41, 5.74) is 8.99. The lowest BCUT2D eigenvalue weighted by atomic mass is 10.0. The highest BCUT2D eigenvalue weighted by molar-refractivity contribution is 6.04. The third kappa shape index (κ3) is 4.35. The SMILES string of the molecule is C=CCN=C(N)NC(=O)N(CC)c1c(CC)cccc1CC. The number of hydrogen-bond donors (Lipinski definition) is 2. The molecule has 3 N–H and O–H groups in total. The maximum atomic E-state index is 12.5. The highest BCUT2D eigenvalue weighted by Gasteiger charge is 2.19. The normalized spacial score (nSPS) is 11.1. The minimum Gasteiger partial charge on any atom is -0.370 e. The number of nitrogens with two attached hydrogens (primary N) is 1. The number of amides is 2. The molecule has 0 aliphatic rings. The van der Waals surface area contributed by atoms with Crippen molar-refractivity contribution in [2.45, 2.75) is 33.6 Å². The van der Waals surface area contributed by atoms with Gasteiger partial charge in [0.05, 0.1) is 12.2 Å². The molecule has 0 unspecified atom stereocenters. The standard InChI is InChI=1S/C17H26N4O/c1-5-12-19-16(18)20-17(22)21(8-4)15-13(6-2)10-9-11-14(15)7-3/h5,9-11H,1,6-8,12H2,2-4H3,(H3,18,19,20,22). The molecule has 120 valence electrons. The first-order valence-corrected chi connectivity index (χ1v) is 7.69. The molecule has 2 amide bonds. The van der Waals surface area contributed by atoms with E-state index in [2.05, 4.69) is 42.9 Å². The number of carbonyl (C=O) groups is 1. The maximum Gasteiger partial charge on any atom is 0.328 e. The van der Waals surface area contributed by atoms with Gasteiger partial charge < -0.3 is 5.73 Å². The van der Waals surface area contributed by atoms with Crippen LogP contribution < -0.4 is 16.0 Å². The molecular formula is C17H26N4O. The smallest absolute Gasteiger partial charge is 0.328 e. The van der Waals surface area contributed by atoms with Gasteiger partial charge in [0, 0.05) is 6.54 Å². The van der Waals surface area contributed by atoms with Crippen LogP contribution >= 0.6 is 0 Å². The van der Waals surface area contributed by atoms with Gasteiger partial charge in [0.15, 0.2) is 5.96 Å². The lowest BCUT2D eigenvalue weighted by Gasteiger charge is -2.26. The number of rotatable bonds is 6. The predicted octanol–water partition coefficient (Wildman–Crippen LogP) is 2.85. The molecule has 0 saturated carbocycles. The zero-order valence-electron chi connectivity index (χ0n) is 13.7. The first-order valence-electron chi connectivity index (χ1n) is 7.69. The Balaban J connectivity index is 3.10. The summed E-state index contributed by atoms with van der Waals surface area (Å²) in [7, 11) is 0. The van der Waals surface area contributed by atoms with Crippen LogP contribution in [-0.4, -0.2) is 25.1 Å². The van der Waals surface area contributed by atoms with E-state index in [1.54, 1.807) is 11.0 Å². The molecule has 0 aromatic heterocycles. The lowest BCUT2D eigenvalue weighted by Crippen LogP contribution is -2.46. The first-order chi connectivity index (χ1) is 10.6. The lowest BCUT2D eigenvalue weighted by molar-refractivity contribution is 0.250. The number of guanidine groups is 1. The molecule has 0 atom stereocenters. The van der Waals surface area contributed by atoms with Gasteiger partial charge in [-0.15, -0.1) is 6.58 Å². The molecule has 1 rings (SSSR count). The van der Waals surface area contributed by atoms with Gasteiger partial charge in [-0.1, -0.05) is 38.1 Å². The number of aliphatic imine (C=N–C) groups is 1. The summed E-state index contributed by atoms with van der Waals surface area (Å²) < 4.78 is 0. The van der Waals surface area contributed by atoms with Gasteiger partial charge in [-0.2, -0.15) is 0 Å². The summed E-state index contributed by atoms with van der Waals surface area (Å²) in [6, 6.07) is 5.88. The molecule has 1 aromatic carbocycles. The van der Waals surface area contributed by atoms with Crippen LogP contribution in [0.2, 0.25) is 0 Å². The Labute approximate surface area is 132 Å². The van der Waals surface area contributed by atoms with Crippen molar-refractivity contribution in [1.82, 2.24) is 5.32 Å². The largest absolute Gasteiger partial charge is 0.370 e. The third-order valence-electron chi connectivity index (χ3n) is 3.42. The van der Waals surface area contributed by atoms with Gasteiger partial charge in [-0.3, -0.25) is 10.2 Å². The van der Waals surface area contributed by atoms with Crippen LogP contribution in [0.3, 0.4) is 0 Å². The summed E-state index contributed by atoms with van der Waals surface area (Å²) in [6.07, 6.45) is 3.36. The second-order valence-corrected chi connectivity index (χ2v) is 4.82. The van der Waals surface area contributed by atoms with Crippen LogP contribution in [0.5, 0.6) is 0 Å². The number of nitrogens with zero attached hydrogens (tertiary/aromatic N) is 2. The van der Waals surface area contributed by atoms with E-state index in [1.807, 2.05) is 13.0 Å². The van der Waals surface area contributed by atoms with Crippen molar-refractivity contribution in [3.63, 3.8) is 0 Å². The fourth-order valence-corrected chi connectivity index (χ4v) is 2.34. The fraction of sp³-hybridized carbons (Fsp3) is 0.412. The van der Waals surface area contributed by atoms with E-state index in [-0.39, 0.29) is 12.0 Å². The molecule has 0 fully saturated rings. The van der Waals surface area contributed by atoms with E-state index in [0.29, 0.717) is 13.1 Å². The Bertz CT molecular complexity index is 529. The minimum absolute atomic E-state index is 0.107. The summed E-state index contributed by atoms with van der Waals surface area (Å²) in [4.78, 5) is 18.2. The van der Waals surface area contributed by atoms with Crippen molar-refractivity contribution < 1.29 is 4.79 Å². The van der Waals surface area contributed by atoms with Crippen molar-refractivity contribution in [1.29, 1.82) is 0 Å². The summed E-state index contributed by atoms with van der Waals surface area (Å²) >= 11 is 0. The van der Waals surface area contributed by atoms with Crippen LogP contribution in [0.4, 0.5) is 10.5 Å². The molecular weight excluding hydrogens is 276 g/mol. The number of hydrogen-bond acceptors (Lipinski definition) is 2. The van der Waals surface area contributed by atoms with Crippen LogP contribution in [0.25, 0.3) is 0 Å². The van der Waals surface area contributed by atoms with Gasteiger partial charge in [0.25, 0.3) is 0 Å². The Morgan fingerprint density at radius 1 is 1.32 bits per heavy atom. The second kappa shape index (κ2) is 8.87. The van der Waals surface area contributed by atoms with Crippen molar-refractivity contribution in [3.05, 3.63) is 42.0 Å². The number of urea groups is 1. The summed E-state index contributed by atoms with van der Waals surface area (Å²) in [5.74, 6) is 0.107. The van der Waals surface area contributed by atoms with E-state index in [9.17, 15) is 4.79 Å². The topological polar surface area (TPSA) is 70.7 Å². The molecule has 0 radical (unpaired) electrons. The number of benzene rings is 1. The second-order valence-electron chi connectivity index (χ2n) is 4.82. The molecule has 5 nitrogen and oxygen atoms in total. The average molecular weight is 302 g/mol.